The Labute approximate surface area is 146 Å². The van der Waals surface area contributed by atoms with E-state index in [0.29, 0.717) is 20.8 Å². The average molecular weight is 365 g/mol. The first kappa shape index (κ1) is 16.0. The molecule has 0 aliphatic heterocycles. The molecule has 0 amide bonds. The van der Waals surface area contributed by atoms with Crippen LogP contribution in [-0.4, -0.2) is 31.7 Å². The molecule has 0 unspecified atom stereocenters. The molecule has 5 nitrogen and oxygen atoms in total. The van der Waals surface area contributed by atoms with Crippen LogP contribution < -0.4 is 0 Å². The zero-order valence-corrected chi connectivity index (χ0v) is 14.0. The number of carbonyl (C=O) groups is 1. The number of Topliss-reactive ketones (excluding diaryl/α,β-unsaturated/α-hetero) is 1. The predicted molar refractivity (Wildman–Crippen MR) is 90.7 cm³/mol. The summed E-state index contributed by atoms with van der Waals surface area (Å²) in [5.74, 6) is 0.0634. The number of benzene rings is 2. The predicted octanol–water partition coefficient (Wildman–Crippen LogP) is 3.94. The van der Waals surface area contributed by atoms with Gasteiger partial charge in [-0.05, 0) is 40.8 Å². The van der Waals surface area contributed by atoms with E-state index >= 15 is 0 Å². The minimum Gasteiger partial charge on any atom is -0.293 e. The van der Waals surface area contributed by atoms with E-state index < -0.39 is 0 Å². The minimum atomic E-state index is -0.112. The van der Waals surface area contributed by atoms with Crippen LogP contribution in [0.3, 0.4) is 0 Å². The third-order valence-electron chi connectivity index (χ3n) is 3.01. The Morgan fingerprint density at radius 3 is 2.65 bits per heavy atom. The Morgan fingerprint density at radius 1 is 1.13 bits per heavy atom. The molecule has 8 heteroatoms. The van der Waals surface area contributed by atoms with Gasteiger partial charge in [0, 0.05) is 10.6 Å². The van der Waals surface area contributed by atoms with Crippen LogP contribution in [0.2, 0.25) is 10.0 Å². The highest BCUT2D eigenvalue weighted by Gasteiger charge is 2.15. The van der Waals surface area contributed by atoms with Crippen molar-refractivity contribution in [3.8, 4) is 5.69 Å². The van der Waals surface area contributed by atoms with Crippen molar-refractivity contribution in [2.75, 3.05) is 5.75 Å². The third kappa shape index (κ3) is 3.72. The average Bonchev–Trinajstić information content (AvgIpc) is 3.02. The molecule has 0 radical (unpaired) electrons. The second-order valence-corrected chi connectivity index (χ2v) is 6.33. The summed E-state index contributed by atoms with van der Waals surface area (Å²) < 4.78 is 1.58. The van der Waals surface area contributed by atoms with Gasteiger partial charge in [-0.15, -0.1) is 5.10 Å². The summed E-state index contributed by atoms with van der Waals surface area (Å²) in [5, 5.41) is 12.9. The Morgan fingerprint density at radius 2 is 1.91 bits per heavy atom. The highest BCUT2D eigenvalue weighted by atomic mass is 35.5. The number of para-hydroxylation sites is 1. The van der Waals surface area contributed by atoms with Gasteiger partial charge in [0.2, 0.25) is 5.16 Å². The van der Waals surface area contributed by atoms with E-state index in [9.17, 15) is 4.79 Å². The van der Waals surface area contributed by atoms with E-state index in [1.165, 1.54) is 11.8 Å². The minimum absolute atomic E-state index is 0.112. The first-order chi connectivity index (χ1) is 11.1. The molecule has 23 heavy (non-hydrogen) atoms. The number of hydrogen-bond donors (Lipinski definition) is 0. The Balaban J connectivity index is 1.74. The highest BCUT2D eigenvalue weighted by Crippen LogP contribution is 2.24. The molecule has 0 N–H and O–H groups in total. The van der Waals surface area contributed by atoms with E-state index in [4.69, 9.17) is 23.2 Å². The fourth-order valence-electron chi connectivity index (χ4n) is 1.92. The smallest absolute Gasteiger partial charge is 0.214 e. The van der Waals surface area contributed by atoms with Gasteiger partial charge in [-0.25, -0.2) is 0 Å². The van der Waals surface area contributed by atoms with Crippen molar-refractivity contribution in [1.82, 2.24) is 20.2 Å². The van der Waals surface area contributed by atoms with Crippen LogP contribution in [0.4, 0.5) is 0 Å². The number of rotatable bonds is 5. The van der Waals surface area contributed by atoms with Crippen molar-refractivity contribution < 1.29 is 4.79 Å². The van der Waals surface area contributed by atoms with Gasteiger partial charge in [-0.2, -0.15) is 4.68 Å². The van der Waals surface area contributed by atoms with E-state index in [1.54, 1.807) is 22.9 Å². The zero-order chi connectivity index (χ0) is 16.2. The topological polar surface area (TPSA) is 60.7 Å². The fourth-order valence-corrected chi connectivity index (χ4v) is 3.21. The summed E-state index contributed by atoms with van der Waals surface area (Å²) >= 11 is 13.1. The van der Waals surface area contributed by atoms with Gasteiger partial charge in [0.15, 0.2) is 5.78 Å². The van der Waals surface area contributed by atoms with Crippen molar-refractivity contribution in [3.63, 3.8) is 0 Å². The number of nitrogens with zero attached hydrogens (tertiary/aromatic N) is 4. The van der Waals surface area contributed by atoms with Crippen LogP contribution >= 0.6 is 35.0 Å². The van der Waals surface area contributed by atoms with Crippen molar-refractivity contribution in [3.05, 3.63) is 64.1 Å². The lowest BCUT2D eigenvalue weighted by atomic mass is 10.1. The van der Waals surface area contributed by atoms with Crippen molar-refractivity contribution >= 4 is 40.7 Å². The monoisotopic (exact) mass is 364 g/mol. The van der Waals surface area contributed by atoms with Gasteiger partial charge in [0.1, 0.15) is 0 Å². The van der Waals surface area contributed by atoms with Gasteiger partial charge in [-0.1, -0.05) is 53.2 Å². The van der Waals surface area contributed by atoms with Crippen LogP contribution in [-0.2, 0) is 0 Å². The molecule has 3 rings (SSSR count). The van der Waals surface area contributed by atoms with Crippen molar-refractivity contribution in [2.45, 2.75) is 5.16 Å². The van der Waals surface area contributed by atoms with Gasteiger partial charge >= 0.3 is 0 Å². The molecular weight excluding hydrogens is 355 g/mol. The van der Waals surface area contributed by atoms with Gasteiger partial charge in [0.25, 0.3) is 0 Å². The molecule has 0 spiro atoms. The molecule has 0 aliphatic rings. The molecule has 2 aromatic carbocycles. The van der Waals surface area contributed by atoms with Crippen molar-refractivity contribution in [2.24, 2.45) is 0 Å². The molecule has 116 valence electrons. The maximum Gasteiger partial charge on any atom is 0.214 e. The van der Waals surface area contributed by atoms with Crippen LogP contribution in [0, 0.1) is 0 Å². The number of hydrogen-bond acceptors (Lipinski definition) is 5. The molecule has 0 saturated carbocycles. The summed E-state index contributed by atoms with van der Waals surface area (Å²) in [7, 11) is 0. The molecule has 0 atom stereocenters. The lowest BCUT2D eigenvalue weighted by molar-refractivity contribution is 0.102. The normalized spacial score (nSPS) is 10.7. The molecule has 0 bridgehead atoms. The quantitative estimate of drug-likeness (QED) is 0.506. The van der Waals surface area contributed by atoms with Gasteiger partial charge in [0.05, 0.1) is 16.5 Å². The first-order valence-electron chi connectivity index (χ1n) is 6.60. The number of tetrazole rings is 1. The van der Waals surface area contributed by atoms with Crippen LogP contribution in [0.5, 0.6) is 0 Å². The molecule has 0 fully saturated rings. The lowest BCUT2D eigenvalue weighted by Crippen LogP contribution is -2.05. The number of aromatic nitrogens is 4. The Bertz CT molecular complexity index is 839. The molecule has 1 heterocycles. The Kier molecular flexibility index (Phi) is 4.95. The summed E-state index contributed by atoms with van der Waals surface area (Å²) in [6, 6.07) is 14.3. The highest BCUT2D eigenvalue weighted by molar-refractivity contribution is 7.99. The molecule has 0 saturated heterocycles. The zero-order valence-electron chi connectivity index (χ0n) is 11.7. The maximum atomic E-state index is 12.3. The first-order valence-corrected chi connectivity index (χ1v) is 8.34. The van der Waals surface area contributed by atoms with E-state index in [-0.39, 0.29) is 11.5 Å². The summed E-state index contributed by atoms with van der Waals surface area (Å²) in [4.78, 5) is 12.3. The number of ketones is 1. The summed E-state index contributed by atoms with van der Waals surface area (Å²) in [5.41, 5.74) is 1.26. The molecular formula is C15H10Cl2N4OS. The SMILES string of the molecule is O=C(CSc1nnnn1-c1ccccc1)c1ccc(Cl)cc1Cl. The number of thioether (sulfide) groups is 1. The second-order valence-electron chi connectivity index (χ2n) is 4.54. The van der Waals surface area contributed by atoms with Gasteiger partial charge < -0.3 is 0 Å². The second kappa shape index (κ2) is 7.12. The fraction of sp³-hybridized carbons (Fsp3) is 0.0667. The largest absolute Gasteiger partial charge is 0.293 e. The van der Waals surface area contributed by atoms with Crippen LogP contribution in [0.25, 0.3) is 5.69 Å². The summed E-state index contributed by atoms with van der Waals surface area (Å²) in [6.07, 6.45) is 0. The van der Waals surface area contributed by atoms with Gasteiger partial charge in [-0.3, -0.25) is 4.79 Å². The third-order valence-corrected chi connectivity index (χ3v) is 4.47. The summed E-state index contributed by atoms with van der Waals surface area (Å²) in [6.45, 7) is 0. The van der Waals surface area contributed by atoms with Crippen LogP contribution in [0.1, 0.15) is 10.4 Å². The van der Waals surface area contributed by atoms with E-state index in [2.05, 4.69) is 15.5 Å². The maximum absolute atomic E-state index is 12.3. The molecule has 0 aliphatic carbocycles. The molecule has 1 aromatic heterocycles. The van der Waals surface area contributed by atoms with Crippen molar-refractivity contribution in [1.29, 1.82) is 0 Å². The van der Waals surface area contributed by atoms with Crippen LogP contribution in [0.15, 0.2) is 53.7 Å². The number of carbonyl (C=O) groups excluding carboxylic acids is 1. The number of halogens is 2. The lowest BCUT2D eigenvalue weighted by Gasteiger charge is -2.05. The molecule has 3 aromatic rings. The standard InChI is InChI=1S/C15H10Cl2N4OS/c16-10-6-7-12(13(17)8-10)14(22)9-23-15-18-19-20-21(15)11-4-2-1-3-5-11/h1-8H,9H2. The van der Waals surface area contributed by atoms with E-state index in [0.717, 1.165) is 5.69 Å². The Hall–Kier alpha value is -1.89. The van der Waals surface area contributed by atoms with E-state index in [1.807, 2.05) is 30.3 Å².